The lowest BCUT2D eigenvalue weighted by atomic mass is 10.1. The van der Waals surface area contributed by atoms with Gasteiger partial charge in [-0.25, -0.2) is 4.68 Å². The third-order valence-corrected chi connectivity index (χ3v) is 4.97. The highest BCUT2D eigenvalue weighted by Crippen LogP contribution is 2.13. The van der Waals surface area contributed by atoms with Crippen LogP contribution in [0.15, 0.2) is 30.6 Å². The largest absolute Gasteiger partial charge is 0.354 e. The summed E-state index contributed by atoms with van der Waals surface area (Å²) in [5.74, 6) is 0.379. The quantitative estimate of drug-likeness (QED) is 0.553. The summed E-state index contributed by atoms with van der Waals surface area (Å²) >= 11 is 0. The van der Waals surface area contributed by atoms with E-state index >= 15 is 0 Å². The first-order valence-corrected chi connectivity index (χ1v) is 9.51. The standard InChI is InChI=1S/C18H24N10O2/c1-12(9-10-19-17(29)13(2)27-11-20-22-24-27)26(4)18(30)15-5-7-16(8-6-15)28-14(3)21-23-25-28/h5-8,11-13H,9-10H2,1-4H3,(H,19,29)/t12?,13-/m0/s1. The Labute approximate surface area is 173 Å². The molecule has 1 N–H and O–H groups in total. The zero-order valence-corrected chi connectivity index (χ0v) is 17.3. The van der Waals surface area contributed by atoms with Gasteiger partial charge in [0.1, 0.15) is 12.4 Å². The van der Waals surface area contributed by atoms with Gasteiger partial charge in [0.15, 0.2) is 5.82 Å². The first kappa shape index (κ1) is 21.0. The summed E-state index contributed by atoms with van der Waals surface area (Å²) in [5, 5.41) is 25.0. The molecular formula is C18H24N10O2. The van der Waals surface area contributed by atoms with E-state index in [1.54, 1.807) is 54.7 Å². The number of rotatable bonds is 8. The maximum absolute atomic E-state index is 12.8. The number of nitrogens with one attached hydrogen (secondary N) is 1. The molecular weight excluding hydrogens is 388 g/mol. The number of hydrogen-bond donors (Lipinski definition) is 1. The van der Waals surface area contributed by atoms with Gasteiger partial charge < -0.3 is 10.2 Å². The van der Waals surface area contributed by atoms with E-state index in [9.17, 15) is 9.59 Å². The molecule has 2 heterocycles. The minimum atomic E-state index is -0.503. The van der Waals surface area contributed by atoms with Crippen molar-refractivity contribution < 1.29 is 9.59 Å². The number of tetrazole rings is 2. The van der Waals surface area contributed by atoms with Gasteiger partial charge in [-0.05, 0) is 72.3 Å². The first-order valence-electron chi connectivity index (χ1n) is 9.51. The number of nitrogens with zero attached hydrogens (tertiary/aromatic N) is 9. The van der Waals surface area contributed by atoms with Crippen LogP contribution in [0, 0.1) is 6.92 Å². The normalized spacial score (nSPS) is 12.9. The van der Waals surface area contributed by atoms with Crippen LogP contribution in [0.3, 0.4) is 0 Å². The molecule has 1 aromatic carbocycles. The number of aromatic nitrogens is 8. The molecule has 3 rings (SSSR count). The predicted molar refractivity (Wildman–Crippen MR) is 106 cm³/mol. The molecule has 3 aromatic rings. The van der Waals surface area contributed by atoms with Gasteiger partial charge in [0.25, 0.3) is 5.91 Å². The van der Waals surface area contributed by atoms with Crippen LogP contribution in [-0.2, 0) is 4.79 Å². The topological polar surface area (TPSA) is 137 Å². The fraction of sp³-hybridized carbons (Fsp3) is 0.444. The molecule has 0 fully saturated rings. The molecule has 2 atom stereocenters. The van der Waals surface area contributed by atoms with Gasteiger partial charge in [0.05, 0.1) is 5.69 Å². The van der Waals surface area contributed by atoms with Crippen molar-refractivity contribution in [2.45, 2.75) is 39.3 Å². The van der Waals surface area contributed by atoms with Crippen LogP contribution in [0.5, 0.6) is 0 Å². The summed E-state index contributed by atoms with van der Waals surface area (Å²) in [4.78, 5) is 26.6. The van der Waals surface area contributed by atoms with Crippen molar-refractivity contribution in [3.05, 3.63) is 42.0 Å². The molecule has 0 saturated carbocycles. The SMILES string of the molecule is Cc1nnnn1-c1ccc(C(=O)N(C)C(C)CCNC(=O)[C@H](C)n2cnnn2)cc1. The number of hydrogen-bond acceptors (Lipinski definition) is 8. The molecule has 158 valence electrons. The van der Waals surface area contributed by atoms with Gasteiger partial charge in [-0.2, -0.15) is 4.68 Å². The maximum atomic E-state index is 12.8. The van der Waals surface area contributed by atoms with Crippen molar-refractivity contribution in [3.8, 4) is 5.69 Å². The monoisotopic (exact) mass is 412 g/mol. The Kier molecular flexibility index (Phi) is 6.45. The van der Waals surface area contributed by atoms with Gasteiger partial charge in [0, 0.05) is 25.2 Å². The van der Waals surface area contributed by atoms with Crippen LogP contribution in [0.4, 0.5) is 0 Å². The lowest BCUT2D eigenvalue weighted by Gasteiger charge is -2.25. The van der Waals surface area contributed by atoms with E-state index in [1.165, 1.54) is 11.0 Å². The van der Waals surface area contributed by atoms with Crippen LogP contribution < -0.4 is 5.32 Å². The van der Waals surface area contributed by atoms with Crippen LogP contribution in [-0.4, -0.2) is 76.8 Å². The van der Waals surface area contributed by atoms with Gasteiger partial charge >= 0.3 is 0 Å². The molecule has 2 amide bonds. The van der Waals surface area contributed by atoms with Crippen molar-refractivity contribution in [3.63, 3.8) is 0 Å². The molecule has 12 nitrogen and oxygen atoms in total. The van der Waals surface area contributed by atoms with Crippen molar-refractivity contribution in [1.29, 1.82) is 0 Å². The van der Waals surface area contributed by atoms with Crippen LogP contribution >= 0.6 is 0 Å². The van der Waals surface area contributed by atoms with Crippen molar-refractivity contribution >= 4 is 11.8 Å². The zero-order valence-electron chi connectivity index (χ0n) is 17.3. The van der Waals surface area contributed by atoms with Crippen molar-refractivity contribution in [2.24, 2.45) is 0 Å². The van der Waals surface area contributed by atoms with Gasteiger partial charge in [-0.1, -0.05) is 0 Å². The molecule has 0 aliphatic carbocycles. The highest BCUT2D eigenvalue weighted by molar-refractivity contribution is 5.94. The summed E-state index contributed by atoms with van der Waals surface area (Å²) in [6.45, 7) is 5.89. The van der Waals surface area contributed by atoms with E-state index in [1.807, 2.05) is 6.92 Å². The lowest BCUT2D eigenvalue weighted by molar-refractivity contribution is -0.124. The molecule has 0 radical (unpaired) electrons. The molecule has 0 spiro atoms. The second-order valence-electron chi connectivity index (χ2n) is 7.00. The average Bonchev–Trinajstić information content (AvgIpc) is 3.44. The summed E-state index contributed by atoms with van der Waals surface area (Å²) in [6.07, 6.45) is 2.00. The second-order valence-corrected chi connectivity index (χ2v) is 7.00. The minimum absolute atomic E-state index is 0.0671. The zero-order chi connectivity index (χ0) is 21.7. The Bertz CT molecular complexity index is 983. The van der Waals surface area contributed by atoms with Crippen LogP contribution in [0.1, 0.15) is 42.5 Å². The number of aryl methyl sites for hydroxylation is 1. The van der Waals surface area contributed by atoms with Crippen molar-refractivity contribution in [2.75, 3.05) is 13.6 Å². The molecule has 0 bridgehead atoms. The molecule has 0 aliphatic heterocycles. The lowest BCUT2D eigenvalue weighted by Crippen LogP contribution is -2.39. The van der Waals surface area contributed by atoms with Crippen molar-refractivity contribution in [1.82, 2.24) is 50.6 Å². The summed E-state index contributed by atoms with van der Waals surface area (Å²) in [7, 11) is 1.75. The van der Waals surface area contributed by atoms with Gasteiger partial charge in [-0.15, -0.1) is 10.2 Å². The first-order chi connectivity index (χ1) is 14.4. The molecule has 12 heteroatoms. The molecule has 0 saturated heterocycles. The number of benzene rings is 1. The van der Waals surface area contributed by atoms with E-state index < -0.39 is 6.04 Å². The highest BCUT2D eigenvalue weighted by Gasteiger charge is 2.19. The Morgan fingerprint density at radius 1 is 1.13 bits per heavy atom. The van der Waals surface area contributed by atoms with Crippen LogP contribution in [0.25, 0.3) is 5.69 Å². The van der Waals surface area contributed by atoms with Gasteiger partial charge in [0.2, 0.25) is 5.91 Å². The van der Waals surface area contributed by atoms with E-state index in [0.29, 0.717) is 24.4 Å². The van der Waals surface area contributed by atoms with E-state index in [-0.39, 0.29) is 17.9 Å². The average molecular weight is 412 g/mol. The Balaban J connectivity index is 1.51. The Morgan fingerprint density at radius 3 is 2.47 bits per heavy atom. The van der Waals surface area contributed by atoms with E-state index in [2.05, 4.69) is 36.4 Å². The third kappa shape index (κ3) is 4.64. The van der Waals surface area contributed by atoms with Crippen LogP contribution in [0.2, 0.25) is 0 Å². The van der Waals surface area contributed by atoms with E-state index in [4.69, 9.17) is 0 Å². The fourth-order valence-corrected chi connectivity index (χ4v) is 2.83. The van der Waals surface area contributed by atoms with Gasteiger partial charge in [-0.3, -0.25) is 9.59 Å². The summed E-state index contributed by atoms with van der Waals surface area (Å²) < 4.78 is 2.98. The Morgan fingerprint density at radius 2 is 1.87 bits per heavy atom. The fourth-order valence-electron chi connectivity index (χ4n) is 2.83. The number of amides is 2. The summed E-state index contributed by atoms with van der Waals surface area (Å²) in [5.41, 5.74) is 1.35. The number of carbonyl (C=O) groups is 2. The highest BCUT2D eigenvalue weighted by atomic mass is 16.2. The summed E-state index contributed by atoms with van der Waals surface area (Å²) in [6, 6.07) is 6.53. The molecule has 30 heavy (non-hydrogen) atoms. The maximum Gasteiger partial charge on any atom is 0.253 e. The molecule has 0 aliphatic rings. The smallest absolute Gasteiger partial charge is 0.253 e. The Hall–Kier alpha value is -3.70. The third-order valence-electron chi connectivity index (χ3n) is 4.97. The molecule has 2 aromatic heterocycles. The predicted octanol–water partition coefficient (Wildman–Crippen LogP) is 0.185. The minimum Gasteiger partial charge on any atom is -0.354 e. The second kappa shape index (κ2) is 9.20. The van der Waals surface area contributed by atoms with E-state index in [0.717, 1.165) is 5.69 Å². The number of carbonyl (C=O) groups excluding carboxylic acids is 2. The molecule has 1 unspecified atom stereocenters.